The van der Waals surface area contributed by atoms with Crippen LogP contribution >= 0.6 is 11.6 Å². The molecule has 9 heteroatoms. The summed E-state index contributed by atoms with van der Waals surface area (Å²) >= 11 is 5.98. The number of aromatic nitrogens is 4. The van der Waals surface area contributed by atoms with Gasteiger partial charge in [0.2, 0.25) is 0 Å². The second-order valence-electron chi connectivity index (χ2n) is 7.67. The van der Waals surface area contributed by atoms with Crippen molar-refractivity contribution in [3.63, 3.8) is 0 Å². The number of pyridine rings is 2. The zero-order valence-corrected chi connectivity index (χ0v) is 19.3. The molecule has 1 N–H and O–H groups in total. The van der Waals surface area contributed by atoms with E-state index in [1.54, 1.807) is 31.6 Å². The number of halogens is 1. The number of carbonyl (C=O) groups is 1. The topological polar surface area (TPSA) is 99.0 Å². The number of nitrogens with zero attached hydrogens (tertiary/aromatic N) is 4. The number of anilines is 1. The summed E-state index contributed by atoms with van der Waals surface area (Å²) in [4.78, 5) is 38.5. The number of hydrogen-bond acceptors (Lipinski definition) is 7. The molecule has 4 rings (SSSR count). The van der Waals surface area contributed by atoms with Crippen LogP contribution in [-0.2, 0) is 11.8 Å². The van der Waals surface area contributed by atoms with Crippen LogP contribution in [0, 0.1) is 6.92 Å². The van der Waals surface area contributed by atoms with E-state index < -0.39 is 5.97 Å². The van der Waals surface area contributed by atoms with Crippen molar-refractivity contribution >= 4 is 34.2 Å². The lowest BCUT2D eigenvalue weighted by Crippen LogP contribution is -2.22. The van der Waals surface area contributed by atoms with Crippen LogP contribution < -0.4 is 10.9 Å². The van der Waals surface area contributed by atoms with E-state index in [9.17, 15) is 9.59 Å². The highest BCUT2D eigenvalue weighted by Crippen LogP contribution is 2.29. The molecule has 168 valence electrons. The highest BCUT2D eigenvalue weighted by atomic mass is 35.5. The van der Waals surface area contributed by atoms with E-state index in [4.69, 9.17) is 21.3 Å². The van der Waals surface area contributed by atoms with Gasteiger partial charge in [0.15, 0.2) is 5.69 Å². The van der Waals surface area contributed by atoms with E-state index >= 15 is 0 Å². The Morgan fingerprint density at radius 1 is 1.15 bits per heavy atom. The Labute approximate surface area is 195 Å². The Morgan fingerprint density at radius 2 is 1.88 bits per heavy atom. The van der Waals surface area contributed by atoms with Gasteiger partial charge in [0.25, 0.3) is 5.56 Å². The third-order valence-corrected chi connectivity index (χ3v) is 5.58. The smallest absolute Gasteiger partial charge is 0.358 e. The Bertz CT molecular complexity index is 1420. The van der Waals surface area contributed by atoms with Crippen LogP contribution in [0.15, 0.2) is 53.6 Å². The summed E-state index contributed by atoms with van der Waals surface area (Å²) in [5.74, 6) is -0.0659. The number of carbonyl (C=O) groups excluding carboxylic acids is 1. The van der Waals surface area contributed by atoms with Crippen LogP contribution in [0.4, 0.5) is 5.69 Å². The fraction of sp³-hybridized carbons (Fsp3) is 0.208. The molecule has 33 heavy (non-hydrogen) atoms. The molecule has 0 bridgehead atoms. The van der Waals surface area contributed by atoms with E-state index in [1.165, 1.54) is 11.7 Å². The van der Waals surface area contributed by atoms with Crippen molar-refractivity contribution in [1.29, 1.82) is 0 Å². The first-order valence-corrected chi connectivity index (χ1v) is 10.6. The number of nitrogens with one attached hydrogen (secondary N) is 1. The van der Waals surface area contributed by atoms with Gasteiger partial charge in [-0.2, -0.15) is 0 Å². The molecule has 0 saturated heterocycles. The molecule has 0 saturated carbocycles. The van der Waals surface area contributed by atoms with Gasteiger partial charge >= 0.3 is 5.97 Å². The molecule has 3 aromatic heterocycles. The van der Waals surface area contributed by atoms with Crippen molar-refractivity contribution in [2.24, 2.45) is 7.05 Å². The number of rotatable bonds is 5. The van der Waals surface area contributed by atoms with Crippen LogP contribution in [0.3, 0.4) is 0 Å². The summed E-state index contributed by atoms with van der Waals surface area (Å²) < 4.78 is 6.38. The summed E-state index contributed by atoms with van der Waals surface area (Å²) in [6.45, 7) is 3.85. The minimum Gasteiger partial charge on any atom is -0.464 e. The van der Waals surface area contributed by atoms with E-state index in [1.807, 2.05) is 38.1 Å². The Morgan fingerprint density at radius 3 is 2.58 bits per heavy atom. The van der Waals surface area contributed by atoms with Crippen molar-refractivity contribution in [3.8, 4) is 11.4 Å². The maximum Gasteiger partial charge on any atom is 0.358 e. The van der Waals surface area contributed by atoms with Crippen molar-refractivity contribution < 1.29 is 9.53 Å². The number of benzene rings is 1. The summed E-state index contributed by atoms with van der Waals surface area (Å²) in [5, 5.41) is 4.00. The summed E-state index contributed by atoms with van der Waals surface area (Å²) in [7, 11) is 2.99. The molecule has 1 aromatic carbocycles. The van der Waals surface area contributed by atoms with Crippen LogP contribution in [0.25, 0.3) is 22.3 Å². The van der Waals surface area contributed by atoms with E-state index in [2.05, 4.69) is 15.3 Å². The molecule has 0 aliphatic carbocycles. The molecular formula is C24H22ClN5O3. The lowest BCUT2D eigenvalue weighted by molar-refractivity contribution is 0.0595. The SMILES string of the molecule is COC(=O)c1nc(Cl)ccc1NC(C)c1cc(C)cc2c(=O)n(C)c(-c3ccncc3)nc12. The Kier molecular flexibility index (Phi) is 6.11. The van der Waals surface area contributed by atoms with Crippen LogP contribution in [0.1, 0.15) is 34.6 Å². The number of esters is 1. The Balaban J connectivity index is 1.87. The molecule has 0 radical (unpaired) electrons. The molecule has 0 spiro atoms. The van der Waals surface area contributed by atoms with Gasteiger partial charge in [-0.3, -0.25) is 14.3 Å². The summed E-state index contributed by atoms with van der Waals surface area (Å²) in [5.41, 5.74) is 3.49. The highest BCUT2D eigenvalue weighted by molar-refractivity contribution is 6.29. The quantitative estimate of drug-likeness (QED) is 0.347. The first-order chi connectivity index (χ1) is 15.8. The summed E-state index contributed by atoms with van der Waals surface area (Å²) in [6.07, 6.45) is 3.32. The predicted octanol–water partition coefficient (Wildman–Crippen LogP) is 4.31. The average Bonchev–Trinajstić information content (AvgIpc) is 2.82. The number of hydrogen-bond donors (Lipinski definition) is 1. The van der Waals surface area contributed by atoms with Crippen LogP contribution in [0.5, 0.6) is 0 Å². The molecule has 4 aromatic rings. The number of aryl methyl sites for hydroxylation is 1. The van der Waals surface area contributed by atoms with Crippen molar-refractivity contribution in [3.05, 3.63) is 81.1 Å². The maximum absolute atomic E-state index is 13.2. The number of fused-ring (bicyclic) bond motifs is 1. The largest absolute Gasteiger partial charge is 0.464 e. The van der Waals surface area contributed by atoms with Gasteiger partial charge in [0, 0.05) is 30.6 Å². The first-order valence-electron chi connectivity index (χ1n) is 10.2. The van der Waals surface area contributed by atoms with Gasteiger partial charge in [-0.1, -0.05) is 17.7 Å². The normalized spacial score (nSPS) is 11.9. The van der Waals surface area contributed by atoms with E-state index in [-0.39, 0.29) is 22.4 Å². The molecule has 0 amide bonds. The second-order valence-corrected chi connectivity index (χ2v) is 8.06. The van der Waals surface area contributed by atoms with Crippen molar-refractivity contribution in [2.75, 3.05) is 12.4 Å². The average molecular weight is 464 g/mol. The fourth-order valence-corrected chi connectivity index (χ4v) is 3.90. The predicted molar refractivity (Wildman–Crippen MR) is 128 cm³/mol. The Hall–Kier alpha value is -3.78. The zero-order chi connectivity index (χ0) is 23.7. The number of methoxy groups -OCH3 is 1. The number of ether oxygens (including phenoxy) is 1. The zero-order valence-electron chi connectivity index (χ0n) is 18.6. The van der Waals surface area contributed by atoms with Crippen molar-refractivity contribution in [1.82, 2.24) is 19.5 Å². The van der Waals surface area contributed by atoms with Gasteiger partial charge in [-0.25, -0.2) is 14.8 Å². The van der Waals surface area contributed by atoms with Crippen molar-refractivity contribution in [2.45, 2.75) is 19.9 Å². The highest BCUT2D eigenvalue weighted by Gasteiger charge is 2.20. The van der Waals surface area contributed by atoms with E-state index in [0.29, 0.717) is 22.4 Å². The second kappa shape index (κ2) is 8.99. The van der Waals surface area contributed by atoms with Gasteiger partial charge in [0.1, 0.15) is 11.0 Å². The fourth-order valence-electron chi connectivity index (χ4n) is 3.76. The first kappa shape index (κ1) is 22.4. The summed E-state index contributed by atoms with van der Waals surface area (Å²) in [6, 6.07) is 10.4. The van der Waals surface area contributed by atoms with Gasteiger partial charge in [-0.05, 0) is 49.7 Å². The molecule has 8 nitrogen and oxygen atoms in total. The van der Waals surface area contributed by atoms with Crippen LogP contribution in [-0.4, -0.2) is 32.6 Å². The molecule has 1 atom stereocenters. The lowest BCUT2D eigenvalue weighted by atomic mass is 10.0. The monoisotopic (exact) mass is 463 g/mol. The molecule has 0 aliphatic rings. The van der Waals surface area contributed by atoms with Gasteiger partial charge < -0.3 is 10.1 Å². The maximum atomic E-state index is 13.2. The third kappa shape index (κ3) is 4.29. The minimum atomic E-state index is -0.603. The molecule has 0 fully saturated rings. The molecule has 0 aliphatic heterocycles. The minimum absolute atomic E-state index is 0.0788. The van der Waals surface area contributed by atoms with E-state index in [0.717, 1.165) is 16.7 Å². The molecular weight excluding hydrogens is 442 g/mol. The van der Waals surface area contributed by atoms with Gasteiger partial charge in [0.05, 0.1) is 29.7 Å². The van der Waals surface area contributed by atoms with Crippen LogP contribution in [0.2, 0.25) is 5.15 Å². The molecule has 1 unspecified atom stereocenters. The third-order valence-electron chi connectivity index (χ3n) is 5.37. The van der Waals surface area contributed by atoms with Gasteiger partial charge in [-0.15, -0.1) is 0 Å². The molecule has 3 heterocycles. The lowest BCUT2D eigenvalue weighted by Gasteiger charge is -2.20. The standard InChI is InChI=1S/C24H22ClN5O3/c1-13-11-16(14(2)27-18-5-6-19(25)28-21(18)24(32)33-4)20-17(12-13)23(31)30(3)22(29-20)15-7-9-26-10-8-15/h5-12,14,27H,1-4H3.